The van der Waals surface area contributed by atoms with Crippen molar-refractivity contribution in [3.8, 4) is 0 Å². The number of nitrogens with one attached hydrogen (secondary N) is 2. The zero-order valence-electron chi connectivity index (χ0n) is 16.8. The van der Waals surface area contributed by atoms with E-state index in [1.54, 1.807) is 16.2 Å². The summed E-state index contributed by atoms with van der Waals surface area (Å²) in [6.07, 6.45) is 0. The van der Waals surface area contributed by atoms with Gasteiger partial charge in [0.1, 0.15) is 0 Å². The van der Waals surface area contributed by atoms with Gasteiger partial charge in [-0.25, -0.2) is 14.8 Å². The maximum atomic E-state index is 11.6. The lowest BCUT2D eigenvalue weighted by Gasteiger charge is -2.26. The average Bonchev–Trinajstić information content (AvgIpc) is 3.32. The second-order valence-corrected chi connectivity index (χ2v) is 9.31. The number of carboxylic acid groups (broad SMARTS) is 1. The van der Waals surface area contributed by atoms with Gasteiger partial charge in [0.2, 0.25) is 0 Å². The normalized spacial score (nSPS) is 13.9. The Bertz CT molecular complexity index is 1250. The number of aromatic carboxylic acids is 1. The molecule has 9 nitrogen and oxygen atoms in total. The summed E-state index contributed by atoms with van der Waals surface area (Å²) in [6, 6.07) is 9.85. The van der Waals surface area contributed by atoms with Crippen LogP contribution in [0.15, 0.2) is 30.3 Å². The fraction of sp³-hybridized carbons (Fsp3) is 0.250. The summed E-state index contributed by atoms with van der Waals surface area (Å²) < 4.78 is 1.10. The smallest absolute Gasteiger partial charge is 0.355 e. The van der Waals surface area contributed by atoms with Crippen LogP contribution in [0.2, 0.25) is 0 Å². The second-order valence-electron chi connectivity index (χ2n) is 7.27. The van der Waals surface area contributed by atoms with Gasteiger partial charge in [-0.1, -0.05) is 23.5 Å². The van der Waals surface area contributed by atoms with Gasteiger partial charge in [0, 0.05) is 30.9 Å². The van der Waals surface area contributed by atoms with Crippen molar-refractivity contribution >= 4 is 60.8 Å². The molecule has 3 N–H and O–H groups in total. The second kappa shape index (κ2) is 7.84. The van der Waals surface area contributed by atoms with Crippen LogP contribution >= 0.6 is 22.7 Å². The van der Waals surface area contributed by atoms with Crippen LogP contribution in [0, 0.1) is 6.92 Å². The van der Waals surface area contributed by atoms with Gasteiger partial charge in [0.15, 0.2) is 27.6 Å². The highest BCUT2D eigenvalue weighted by molar-refractivity contribution is 7.22. The monoisotopic (exact) mass is 453 g/mol. The number of aryl methyl sites for hydroxylation is 1. The lowest BCUT2D eigenvalue weighted by atomic mass is 10.0. The number of anilines is 4. The van der Waals surface area contributed by atoms with Crippen molar-refractivity contribution in [2.75, 3.05) is 30.4 Å². The van der Waals surface area contributed by atoms with Gasteiger partial charge in [-0.2, -0.15) is 0 Å². The molecule has 158 valence electrons. The number of hydrogen-bond acceptors (Lipinski definition) is 10. The fourth-order valence-electron chi connectivity index (χ4n) is 3.25. The summed E-state index contributed by atoms with van der Waals surface area (Å²) in [5, 5.41) is 26.0. The van der Waals surface area contributed by atoms with Gasteiger partial charge in [0.25, 0.3) is 0 Å². The van der Waals surface area contributed by atoms with Gasteiger partial charge in [-0.15, -0.1) is 21.5 Å². The van der Waals surface area contributed by atoms with Gasteiger partial charge in [0.05, 0.1) is 10.2 Å². The van der Waals surface area contributed by atoms with E-state index in [0.29, 0.717) is 16.8 Å². The third-order valence-electron chi connectivity index (χ3n) is 5.12. The summed E-state index contributed by atoms with van der Waals surface area (Å²) in [5.41, 5.74) is 1.96. The standard InChI is InChI=1S/C20H19N7O2S2/c1-10-7-14(25-26-17(10)24-19-22-12-5-3-4-6-13(12)30-19)27(2)20-23-15(18(28)29)16(31-20)11-8-21-9-11/h3-7,11,21H,8-9H2,1-2H3,(H,28,29)(H,22,24,26). The molecule has 0 bridgehead atoms. The van der Waals surface area contributed by atoms with Crippen molar-refractivity contribution < 1.29 is 9.90 Å². The Morgan fingerprint density at radius 1 is 1.23 bits per heavy atom. The molecule has 5 rings (SSSR count). The topological polar surface area (TPSA) is 116 Å². The molecule has 0 spiro atoms. The van der Waals surface area contributed by atoms with Crippen LogP contribution in [0.1, 0.15) is 26.8 Å². The highest BCUT2D eigenvalue weighted by Gasteiger charge is 2.29. The highest BCUT2D eigenvalue weighted by atomic mass is 32.1. The first kappa shape index (κ1) is 19.8. The SMILES string of the molecule is Cc1cc(N(C)c2nc(C(=O)O)c(C3CNC3)s2)nnc1Nc1nc2ccccc2s1. The van der Waals surface area contributed by atoms with E-state index >= 15 is 0 Å². The molecule has 1 saturated heterocycles. The minimum absolute atomic E-state index is 0.122. The van der Waals surface area contributed by atoms with E-state index in [4.69, 9.17) is 0 Å². The van der Waals surface area contributed by atoms with Crippen molar-refractivity contribution in [1.29, 1.82) is 0 Å². The van der Waals surface area contributed by atoms with E-state index < -0.39 is 5.97 Å². The molecule has 0 radical (unpaired) electrons. The van der Waals surface area contributed by atoms with Crippen molar-refractivity contribution in [1.82, 2.24) is 25.5 Å². The number of rotatable bonds is 6. The number of nitrogens with zero attached hydrogens (tertiary/aromatic N) is 5. The molecule has 1 fully saturated rings. The molecular formula is C20H19N7O2S2. The van der Waals surface area contributed by atoms with Crippen LogP contribution in [0.3, 0.4) is 0 Å². The molecule has 0 saturated carbocycles. The third-order valence-corrected chi connectivity index (χ3v) is 7.36. The Morgan fingerprint density at radius 3 is 2.71 bits per heavy atom. The number of hydrogen-bond donors (Lipinski definition) is 3. The van der Waals surface area contributed by atoms with Crippen LogP contribution in [0.25, 0.3) is 10.2 Å². The van der Waals surface area contributed by atoms with Crippen molar-refractivity contribution in [2.45, 2.75) is 12.8 Å². The summed E-state index contributed by atoms with van der Waals surface area (Å²) in [5.74, 6) is 0.411. The van der Waals surface area contributed by atoms with Crippen molar-refractivity contribution in [3.05, 3.63) is 46.5 Å². The molecule has 1 aliphatic rings. The van der Waals surface area contributed by atoms with Gasteiger partial charge in [-0.05, 0) is 30.7 Å². The predicted molar refractivity (Wildman–Crippen MR) is 122 cm³/mol. The fourth-order valence-corrected chi connectivity index (χ4v) is 5.24. The molecular weight excluding hydrogens is 434 g/mol. The molecule has 4 aromatic rings. The summed E-state index contributed by atoms with van der Waals surface area (Å²) in [7, 11) is 1.82. The Morgan fingerprint density at radius 2 is 2.03 bits per heavy atom. The van der Waals surface area contributed by atoms with Gasteiger partial charge < -0.3 is 20.6 Å². The molecule has 1 aliphatic heterocycles. The molecule has 31 heavy (non-hydrogen) atoms. The van der Waals surface area contributed by atoms with E-state index in [0.717, 1.165) is 38.9 Å². The number of thiazole rings is 2. The van der Waals surface area contributed by atoms with Crippen LogP contribution in [0.4, 0.5) is 21.9 Å². The first-order chi connectivity index (χ1) is 15.0. The molecule has 0 aliphatic carbocycles. The van der Waals surface area contributed by atoms with Gasteiger partial charge >= 0.3 is 5.97 Å². The van der Waals surface area contributed by atoms with E-state index in [-0.39, 0.29) is 11.6 Å². The first-order valence-electron chi connectivity index (χ1n) is 9.65. The molecule has 0 amide bonds. The Kier molecular flexibility index (Phi) is 5.00. The van der Waals surface area contributed by atoms with Crippen LogP contribution in [-0.2, 0) is 0 Å². The predicted octanol–water partition coefficient (Wildman–Crippen LogP) is 3.75. The number of benzene rings is 1. The third kappa shape index (κ3) is 3.71. The molecule has 0 atom stereocenters. The summed E-state index contributed by atoms with van der Waals surface area (Å²) in [4.78, 5) is 23.1. The van der Waals surface area contributed by atoms with E-state index in [2.05, 4.69) is 30.8 Å². The zero-order valence-corrected chi connectivity index (χ0v) is 18.4. The maximum Gasteiger partial charge on any atom is 0.355 e. The maximum absolute atomic E-state index is 11.6. The lowest BCUT2D eigenvalue weighted by molar-refractivity contribution is 0.0689. The van der Waals surface area contributed by atoms with Crippen LogP contribution in [-0.4, -0.2) is 51.4 Å². The van der Waals surface area contributed by atoms with E-state index in [9.17, 15) is 9.90 Å². The number of carboxylic acids is 1. The average molecular weight is 454 g/mol. The van der Waals surface area contributed by atoms with Crippen molar-refractivity contribution in [2.24, 2.45) is 0 Å². The van der Waals surface area contributed by atoms with E-state index in [1.165, 1.54) is 11.3 Å². The Balaban J connectivity index is 1.39. The molecule has 0 unspecified atom stereocenters. The van der Waals surface area contributed by atoms with E-state index in [1.807, 2.05) is 44.3 Å². The van der Waals surface area contributed by atoms with Crippen molar-refractivity contribution in [3.63, 3.8) is 0 Å². The number of carbonyl (C=O) groups is 1. The largest absolute Gasteiger partial charge is 0.476 e. The highest BCUT2D eigenvalue weighted by Crippen LogP contribution is 2.36. The van der Waals surface area contributed by atoms with Crippen LogP contribution in [0.5, 0.6) is 0 Å². The number of aromatic nitrogens is 4. The van der Waals surface area contributed by atoms with Gasteiger partial charge in [-0.3, -0.25) is 0 Å². The molecule has 4 heterocycles. The number of fused-ring (bicyclic) bond motifs is 1. The molecule has 1 aromatic carbocycles. The molecule has 3 aromatic heterocycles. The number of para-hydroxylation sites is 1. The zero-order chi connectivity index (χ0) is 21.5. The minimum Gasteiger partial charge on any atom is -0.476 e. The van der Waals surface area contributed by atoms with Crippen LogP contribution < -0.4 is 15.5 Å². The summed E-state index contributed by atoms with van der Waals surface area (Å²) >= 11 is 2.95. The lowest BCUT2D eigenvalue weighted by Crippen LogP contribution is -2.40. The summed E-state index contributed by atoms with van der Waals surface area (Å²) in [6.45, 7) is 3.49. The quantitative estimate of drug-likeness (QED) is 0.401. The Hall–Kier alpha value is -3.15. The first-order valence-corrected chi connectivity index (χ1v) is 11.3. The molecule has 11 heteroatoms. The minimum atomic E-state index is -1.00. The Labute approximate surface area is 185 Å².